The summed E-state index contributed by atoms with van der Waals surface area (Å²) in [5.41, 5.74) is 0. The molecule has 1 unspecified atom stereocenters. The van der Waals surface area contributed by atoms with Gasteiger partial charge in [0.1, 0.15) is 17.7 Å². The second-order valence-corrected chi connectivity index (χ2v) is 3.72. The minimum atomic E-state index is -0.408. The van der Waals surface area contributed by atoms with E-state index < -0.39 is 6.04 Å². The Balaban J connectivity index is 2.62. The van der Waals surface area contributed by atoms with Crippen molar-refractivity contribution in [1.82, 2.24) is 4.98 Å². The van der Waals surface area contributed by atoms with Gasteiger partial charge in [-0.25, -0.2) is 9.78 Å². The molecule has 0 spiro atoms. The van der Waals surface area contributed by atoms with E-state index in [0.29, 0.717) is 5.82 Å². The standard InChI is InChI=1S/C12H19N3O2/c1-4-8-13-10-6-5-7-11(15-10)14-9(2)12(16)17-3/h5-7,9H,4,8H2,1-3H3,(H2,13,14,15). The normalized spacial score (nSPS) is 11.7. The van der Waals surface area contributed by atoms with Crippen LogP contribution >= 0.6 is 0 Å². The third kappa shape index (κ3) is 4.30. The zero-order valence-electron chi connectivity index (χ0n) is 10.5. The van der Waals surface area contributed by atoms with Crippen molar-refractivity contribution in [3.8, 4) is 0 Å². The molecule has 17 heavy (non-hydrogen) atoms. The highest BCUT2D eigenvalue weighted by atomic mass is 16.5. The lowest BCUT2D eigenvalue weighted by molar-refractivity contribution is -0.141. The summed E-state index contributed by atoms with van der Waals surface area (Å²) >= 11 is 0. The Hall–Kier alpha value is -1.78. The van der Waals surface area contributed by atoms with E-state index in [-0.39, 0.29) is 5.97 Å². The molecule has 0 fully saturated rings. The van der Waals surface area contributed by atoms with Gasteiger partial charge in [0, 0.05) is 6.54 Å². The van der Waals surface area contributed by atoms with Crippen molar-refractivity contribution >= 4 is 17.6 Å². The van der Waals surface area contributed by atoms with Crippen LogP contribution in [0.15, 0.2) is 18.2 Å². The van der Waals surface area contributed by atoms with Crippen molar-refractivity contribution in [2.45, 2.75) is 26.3 Å². The van der Waals surface area contributed by atoms with Crippen LogP contribution in [0.1, 0.15) is 20.3 Å². The van der Waals surface area contributed by atoms with Crippen molar-refractivity contribution in [2.24, 2.45) is 0 Å². The van der Waals surface area contributed by atoms with E-state index in [1.165, 1.54) is 7.11 Å². The number of ether oxygens (including phenoxy) is 1. The van der Waals surface area contributed by atoms with Crippen LogP contribution in [0.25, 0.3) is 0 Å². The number of carbonyl (C=O) groups is 1. The maximum atomic E-state index is 11.2. The van der Waals surface area contributed by atoms with Gasteiger partial charge in [-0.15, -0.1) is 0 Å². The number of pyridine rings is 1. The molecular weight excluding hydrogens is 218 g/mol. The molecule has 0 saturated carbocycles. The summed E-state index contributed by atoms with van der Waals surface area (Å²) in [6.07, 6.45) is 1.04. The smallest absolute Gasteiger partial charge is 0.328 e. The number of nitrogens with one attached hydrogen (secondary N) is 2. The maximum absolute atomic E-state index is 11.2. The minimum absolute atomic E-state index is 0.307. The first-order valence-corrected chi connectivity index (χ1v) is 5.72. The Morgan fingerprint density at radius 2 is 2.18 bits per heavy atom. The second kappa shape index (κ2) is 6.73. The summed E-state index contributed by atoms with van der Waals surface area (Å²) in [7, 11) is 1.37. The van der Waals surface area contributed by atoms with Crippen molar-refractivity contribution in [1.29, 1.82) is 0 Å². The number of hydrogen-bond acceptors (Lipinski definition) is 5. The largest absolute Gasteiger partial charge is 0.467 e. The molecule has 1 aromatic heterocycles. The summed E-state index contributed by atoms with van der Waals surface area (Å²) in [4.78, 5) is 15.6. The zero-order valence-corrected chi connectivity index (χ0v) is 10.5. The molecule has 0 aliphatic rings. The number of carbonyl (C=O) groups excluding carboxylic acids is 1. The third-order valence-electron chi connectivity index (χ3n) is 2.22. The fourth-order valence-electron chi connectivity index (χ4n) is 1.32. The average Bonchev–Trinajstić information content (AvgIpc) is 2.35. The van der Waals surface area contributed by atoms with Crippen LogP contribution in [0.2, 0.25) is 0 Å². The quantitative estimate of drug-likeness (QED) is 0.740. The van der Waals surface area contributed by atoms with E-state index in [1.807, 2.05) is 18.2 Å². The molecule has 0 aliphatic heterocycles. The Bertz CT molecular complexity index is 369. The molecule has 0 amide bonds. The highest BCUT2D eigenvalue weighted by Crippen LogP contribution is 2.10. The monoisotopic (exact) mass is 237 g/mol. The molecule has 0 aromatic carbocycles. The fourth-order valence-corrected chi connectivity index (χ4v) is 1.32. The Labute approximate surface area is 102 Å². The highest BCUT2D eigenvalue weighted by Gasteiger charge is 2.12. The molecule has 94 valence electrons. The van der Waals surface area contributed by atoms with Gasteiger partial charge in [0.15, 0.2) is 0 Å². The van der Waals surface area contributed by atoms with Crippen molar-refractivity contribution in [3.63, 3.8) is 0 Å². The lowest BCUT2D eigenvalue weighted by Gasteiger charge is -2.13. The lowest BCUT2D eigenvalue weighted by atomic mass is 10.3. The first-order chi connectivity index (χ1) is 8.17. The molecule has 0 aliphatic carbocycles. The fraction of sp³-hybridized carbons (Fsp3) is 0.500. The molecule has 0 saturated heterocycles. The number of anilines is 2. The number of nitrogens with zero attached hydrogens (tertiary/aromatic N) is 1. The van der Waals surface area contributed by atoms with Crippen LogP contribution in [0.3, 0.4) is 0 Å². The predicted molar refractivity (Wildman–Crippen MR) is 68.1 cm³/mol. The average molecular weight is 237 g/mol. The molecule has 5 heteroatoms. The highest BCUT2D eigenvalue weighted by molar-refractivity contribution is 5.78. The minimum Gasteiger partial charge on any atom is -0.467 e. The van der Waals surface area contributed by atoms with Crippen molar-refractivity contribution in [3.05, 3.63) is 18.2 Å². The van der Waals surface area contributed by atoms with Crippen LogP contribution in [0, 0.1) is 0 Å². The third-order valence-corrected chi connectivity index (χ3v) is 2.22. The lowest BCUT2D eigenvalue weighted by Crippen LogP contribution is -2.27. The summed E-state index contributed by atoms with van der Waals surface area (Å²) in [6, 6.07) is 5.19. The van der Waals surface area contributed by atoms with Crippen LogP contribution in [-0.4, -0.2) is 30.6 Å². The molecule has 1 aromatic rings. The van der Waals surface area contributed by atoms with Gasteiger partial charge in [-0.3, -0.25) is 0 Å². The van der Waals surface area contributed by atoms with Gasteiger partial charge >= 0.3 is 5.97 Å². The van der Waals surface area contributed by atoms with Crippen LogP contribution < -0.4 is 10.6 Å². The molecule has 1 heterocycles. The SMILES string of the molecule is CCCNc1cccc(NC(C)C(=O)OC)n1. The molecule has 5 nitrogen and oxygen atoms in total. The van der Waals surface area contributed by atoms with Crippen LogP contribution in [0.4, 0.5) is 11.6 Å². The van der Waals surface area contributed by atoms with E-state index >= 15 is 0 Å². The van der Waals surface area contributed by atoms with Gasteiger partial charge < -0.3 is 15.4 Å². The molecule has 0 radical (unpaired) electrons. The van der Waals surface area contributed by atoms with E-state index in [0.717, 1.165) is 18.8 Å². The summed E-state index contributed by atoms with van der Waals surface area (Å²) in [6.45, 7) is 4.71. The second-order valence-electron chi connectivity index (χ2n) is 3.72. The molecule has 0 bridgehead atoms. The number of hydrogen-bond donors (Lipinski definition) is 2. The molecule has 1 atom stereocenters. The number of aromatic nitrogens is 1. The number of esters is 1. The molecule has 2 N–H and O–H groups in total. The predicted octanol–water partition coefficient (Wildman–Crippen LogP) is 1.88. The van der Waals surface area contributed by atoms with E-state index in [4.69, 9.17) is 0 Å². The number of rotatable bonds is 6. The van der Waals surface area contributed by atoms with Gasteiger partial charge in [0.05, 0.1) is 7.11 Å². The Morgan fingerprint density at radius 3 is 2.82 bits per heavy atom. The van der Waals surface area contributed by atoms with E-state index in [2.05, 4.69) is 27.3 Å². The van der Waals surface area contributed by atoms with E-state index in [9.17, 15) is 4.79 Å². The summed E-state index contributed by atoms with van der Waals surface area (Å²) in [5, 5.41) is 6.17. The van der Waals surface area contributed by atoms with Gasteiger partial charge in [0.2, 0.25) is 0 Å². The van der Waals surface area contributed by atoms with E-state index in [1.54, 1.807) is 6.92 Å². The van der Waals surface area contributed by atoms with Crippen molar-refractivity contribution < 1.29 is 9.53 Å². The first-order valence-electron chi connectivity index (χ1n) is 5.72. The Kier molecular flexibility index (Phi) is 5.26. The van der Waals surface area contributed by atoms with Gasteiger partial charge in [0.25, 0.3) is 0 Å². The Morgan fingerprint density at radius 1 is 1.47 bits per heavy atom. The first kappa shape index (κ1) is 13.3. The zero-order chi connectivity index (χ0) is 12.7. The van der Waals surface area contributed by atoms with Crippen molar-refractivity contribution in [2.75, 3.05) is 24.3 Å². The topological polar surface area (TPSA) is 63.2 Å². The maximum Gasteiger partial charge on any atom is 0.328 e. The molecular formula is C12H19N3O2. The van der Waals surface area contributed by atoms with Crippen LogP contribution in [0.5, 0.6) is 0 Å². The molecule has 1 rings (SSSR count). The van der Waals surface area contributed by atoms with Gasteiger partial charge in [-0.1, -0.05) is 13.0 Å². The summed E-state index contributed by atoms with van der Waals surface area (Å²) in [5.74, 6) is 1.15. The van der Waals surface area contributed by atoms with Crippen LogP contribution in [-0.2, 0) is 9.53 Å². The summed E-state index contributed by atoms with van der Waals surface area (Å²) < 4.78 is 4.63. The van der Waals surface area contributed by atoms with Gasteiger partial charge in [-0.05, 0) is 25.5 Å². The number of methoxy groups -OCH3 is 1. The van der Waals surface area contributed by atoms with Gasteiger partial charge in [-0.2, -0.15) is 0 Å².